The van der Waals surface area contributed by atoms with Crippen LogP contribution in [0.25, 0.3) is 0 Å². The van der Waals surface area contributed by atoms with E-state index in [0.29, 0.717) is 12.0 Å². The second kappa shape index (κ2) is 4.23. The van der Waals surface area contributed by atoms with Gasteiger partial charge in [-0.1, -0.05) is 13.8 Å². The molecule has 1 saturated heterocycles. The zero-order chi connectivity index (χ0) is 10.8. The van der Waals surface area contributed by atoms with Crippen LogP contribution in [0.3, 0.4) is 0 Å². The monoisotopic (exact) mass is 208 g/mol. The number of H-pyrrole nitrogens is 1. The van der Waals surface area contributed by atoms with Crippen LogP contribution in [0.4, 0.5) is 5.69 Å². The molecule has 84 valence electrons. The van der Waals surface area contributed by atoms with Crippen LogP contribution in [0.5, 0.6) is 0 Å². The molecule has 0 aromatic carbocycles. The van der Waals surface area contributed by atoms with Crippen molar-refractivity contribution in [3.63, 3.8) is 0 Å². The quantitative estimate of drug-likeness (QED) is 0.773. The fraction of sp³-hybridized carbons (Fsp3) is 0.727. The first-order chi connectivity index (χ1) is 7.18. The first-order valence-corrected chi connectivity index (χ1v) is 5.72. The summed E-state index contributed by atoms with van der Waals surface area (Å²) in [6.45, 7) is 6.49. The van der Waals surface area contributed by atoms with E-state index in [-0.39, 0.29) is 0 Å². The van der Waals surface area contributed by atoms with Crippen molar-refractivity contribution in [1.29, 1.82) is 0 Å². The molecule has 1 aliphatic rings. The minimum atomic E-state index is 0.385. The third-order valence-corrected chi connectivity index (χ3v) is 3.11. The van der Waals surface area contributed by atoms with Crippen molar-refractivity contribution >= 4 is 5.69 Å². The van der Waals surface area contributed by atoms with Crippen LogP contribution in [-0.2, 0) is 0 Å². The van der Waals surface area contributed by atoms with E-state index in [9.17, 15) is 0 Å². The molecule has 0 unspecified atom stereocenters. The normalized spacial score (nSPS) is 18.8. The van der Waals surface area contributed by atoms with E-state index in [2.05, 4.69) is 28.9 Å². The van der Waals surface area contributed by atoms with Gasteiger partial charge >= 0.3 is 0 Å². The predicted octanol–water partition coefficient (Wildman–Crippen LogP) is 1.46. The Kier molecular flexibility index (Phi) is 2.95. The fourth-order valence-corrected chi connectivity index (χ4v) is 2.11. The standard InChI is InChI=1S/C11H20N4/c1-8(2)11-10(7-13-14-11)15-5-3-9(12)4-6-15/h7-9H,3-6,12H2,1-2H3,(H,13,14). The number of hydrogen-bond donors (Lipinski definition) is 2. The molecule has 3 N–H and O–H groups in total. The van der Waals surface area contributed by atoms with E-state index in [4.69, 9.17) is 5.73 Å². The molecule has 0 atom stereocenters. The van der Waals surface area contributed by atoms with Gasteiger partial charge in [0.15, 0.2) is 0 Å². The Morgan fingerprint density at radius 1 is 1.47 bits per heavy atom. The number of piperidine rings is 1. The Morgan fingerprint density at radius 2 is 2.13 bits per heavy atom. The maximum atomic E-state index is 5.90. The van der Waals surface area contributed by atoms with Gasteiger partial charge in [-0.2, -0.15) is 5.10 Å². The Hall–Kier alpha value is -1.03. The maximum absolute atomic E-state index is 5.90. The summed E-state index contributed by atoms with van der Waals surface area (Å²) in [6.07, 6.45) is 4.11. The van der Waals surface area contributed by atoms with Gasteiger partial charge < -0.3 is 10.6 Å². The van der Waals surface area contributed by atoms with Gasteiger partial charge in [-0.05, 0) is 18.8 Å². The highest BCUT2D eigenvalue weighted by Gasteiger charge is 2.20. The summed E-state index contributed by atoms with van der Waals surface area (Å²) in [7, 11) is 0. The topological polar surface area (TPSA) is 57.9 Å². The van der Waals surface area contributed by atoms with Gasteiger partial charge in [-0.25, -0.2) is 0 Å². The highest BCUT2D eigenvalue weighted by molar-refractivity contribution is 5.50. The summed E-state index contributed by atoms with van der Waals surface area (Å²) in [5.74, 6) is 0.498. The van der Waals surface area contributed by atoms with Crippen LogP contribution >= 0.6 is 0 Å². The van der Waals surface area contributed by atoms with Crippen molar-refractivity contribution < 1.29 is 0 Å². The van der Waals surface area contributed by atoms with Crippen molar-refractivity contribution in [2.45, 2.75) is 38.6 Å². The second-order valence-corrected chi connectivity index (χ2v) is 4.65. The van der Waals surface area contributed by atoms with Gasteiger partial charge in [0, 0.05) is 19.1 Å². The molecular weight excluding hydrogens is 188 g/mol. The lowest BCUT2D eigenvalue weighted by Crippen LogP contribution is -2.39. The number of rotatable bonds is 2. The Bertz CT molecular complexity index is 310. The lowest BCUT2D eigenvalue weighted by Gasteiger charge is -2.32. The van der Waals surface area contributed by atoms with Crippen molar-refractivity contribution in [3.05, 3.63) is 11.9 Å². The zero-order valence-corrected chi connectivity index (χ0v) is 9.53. The minimum Gasteiger partial charge on any atom is -0.369 e. The van der Waals surface area contributed by atoms with E-state index in [0.717, 1.165) is 25.9 Å². The molecule has 4 heteroatoms. The summed E-state index contributed by atoms with van der Waals surface area (Å²) in [5, 5.41) is 7.23. The van der Waals surface area contributed by atoms with Crippen LogP contribution in [0, 0.1) is 0 Å². The first kappa shape index (κ1) is 10.5. The van der Waals surface area contributed by atoms with E-state index in [1.54, 1.807) is 0 Å². The van der Waals surface area contributed by atoms with Gasteiger partial charge in [0.05, 0.1) is 17.6 Å². The SMILES string of the molecule is CC(C)c1[nH]ncc1N1CCC(N)CC1. The largest absolute Gasteiger partial charge is 0.369 e. The predicted molar refractivity (Wildman–Crippen MR) is 62.1 cm³/mol. The molecule has 0 aliphatic carbocycles. The van der Waals surface area contributed by atoms with Crippen LogP contribution in [-0.4, -0.2) is 29.3 Å². The number of aromatic nitrogens is 2. The third-order valence-electron chi connectivity index (χ3n) is 3.11. The van der Waals surface area contributed by atoms with E-state index in [1.165, 1.54) is 11.4 Å². The second-order valence-electron chi connectivity index (χ2n) is 4.65. The summed E-state index contributed by atoms with van der Waals surface area (Å²) in [6, 6.07) is 0.385. The summed E-state index contributed by atoms with van der Waals surface area (Å²) >= 11 is 0. The maximum Gasteiger partial charge on any atom is 0.0785 e. The van der Waals surface area contributed by atoms with Crippen LogP contribution in [0.2, 0.25) is 0 Å². The molecule has 0 spiro atoms. The minimum absolute atomic E-state index is 0.385. The van der Waals surface area contributed by atoms with E-state index in [1.807, 2.05) is 6.20 Å². The molecular formula is C11H20N4. The third kappa shape index (κ3) is 2.15. The molecule has 0 radical (unpaired) electrons. The summed E-state index contributed by atoms with van der Waals surface area (Å²) < 4.78 is 0. The van der Waals surface area contributed by atoms with Crippen molar-refractivity contribution in [2.75, 3.05) is 18.0 Å². The lowest BCUT2D eigenvalue weighted by atomic mass is 10.0. The molecule has 0 saturated carbocycles. The number of nitrogens with one attached hydrogen (secondary N) is 1. The van der Waals surface area contributed by atoms with Crippen LogP contribution in [0.15, 0.2) is 6.20 Å². The number of anilines is 1. The Labute approximate surface area is 90.8 Å². The smallest absolute Gasteiger partial charge is 0.0785 e. The molecule has 1 aromatic heterocycles. The zero-order valence-electron chi connectivity index (χ0n) is 9.53. The average Bonchev–Trinajstić information content (AvgIpc) is 2.67. The molecule has 1 fully saturated rings. The molecule has 0 amide bonds. The number of nitrogens with two attached hydrogens (primary N) is 1. The summed E-state index contributed by atoms with van der Waals surface area (Å²) in [4.78, 5) is 2.39. The van der Waals surface area contributed by atoms with Crippen molar-refractivity contribution in [1.82, 2.24) is 10.2 Å². The van der Waals surface area contributed by atoms with E-state index < -0.39 is 0 Å². The molecule has 15 heavy (non-hydrogen) atoms. The van der Waals surface area contributed by atoms with E-state index >= 15 is 0 Å². The molecule has 2 heterocycles. The van der Waals surface area contributed by atoms with Gasteiger partial charge in [-0.15, -0.1) is 0 Å². The van der Waals surface area contributed by atoms with Crippen molar-refractivity contribution in [3.8, 4) is 0 Å². The highest BCUT2D eigenvalue weighted by atomic mass is 15.2. The van der Waals surface area contributed by atoms with Crippen LogP contribution < -0.4 is 10.6 Å². The average molecular weight is 208 g/mol. The lowest BCUT2D eigenvalue weighted by molar-refractivity contribution is 0.500. The number of hydrogen-bond acceptors (Lipinski definition) is 3. The highest BCUT2D eigenvalue weighted by Crippen LogP contribution is 2.27. The summed E-state index contributed by atoms with van der Waals surface area (Å²) in [5.41, 5.74) is 8.40. The molecule has 0 bridgehead atoms. The Balaban J connectivity index is 2.12. The van der Waals surface area contributed by atoms with Crippen LogP contribution in [0.1, 0.15) is 38.3 Å². The molecule has 1 aromatic rings. The first-order valence-electron chi connectivity index (χ1n) is 5.72. The van der Waals surface area contributed by atoms with Gasteiger partial charge in [0.2, 0.25) is 0 Å². The molecule has 2 rings (SSSR count). The van der Waals surface area contributed by atoms with Crippen molar-refractivity contribution in [2.24, 2.45) is 5.73 Å². The number of aromatic amines is 1. The van der Waals surface area contributed by atoms with Gasteiger partial charge in [-0.3, -0.25) is 5.10 Å². The molecule has 1 aliphatic heterocycles. The Morgan fingerprint density at radius 3 is 2.73 bits per heavy atom. The van der Waals surface area contributed by atoms with Gasteiger partial charge in [0.25, 0.3) is 0 Å². The number of nitrogens with zero attached hydrogens (tertiary/aromatic N) is 2. The fourth-order valence-electron chi connectivity index (χ4n) is 2.11. The molecule has 4 nitrogen and oxygen atoms in total. The van der Waals surface area contributed by atoms with Gasteiger partial charge in [0.1, 0.15) is 0 Å².